The van der Waals surface area contributed by atoms with Crippen LogP contribution in [0.1, 0.15) is 10.4 Å². The fourth-order valence-corrected chi connectivity index (χ4v) is 1.98. The average Bonchev–Trinajstić information content (AvgIpc) is 2.58. The van der Waals surface area contributed by atoms with E-state index in [9.17, 15) is 14.0 Å². The number of carbonyl (C=O) groups excluding carboxylic acids is 2. The fraction of sp³-hybridized carbons (Fsp3) is 0.176. The van der Waals surface area contributed by atoms with Crippen LogP contribution in [0.4, 0.5) is 4.39 Å². The molecule has 0 spiro atoms. The van der Waals surface area contributed by atoms with E-state index in [0.29, 0.717) is 10.8 Å². The maximum Gasteiger partial charge on any atom is 0.258 e. The largest absolute Gasteiger partial charge is 0.484 e. The lowest BCUT2D eigenvalue weighted by molar-refractivity contribution is -0.123. The molecule has 24 heavy (non-hydrogen) atoms. The Morgan fingerprint density at radius 2 is 1.67 bits per heavy atom. The first-order chi connectivity index (χ1) is 11.6. The summed E-state index contributed by atoms with van der Waals surface area (Å²) >= 11 is 5.75. The first kappa shape index (κ1) is 17.7. The Morgan fingerprint density at radius 1 is 1.00 bits per heavy atom. The summed E-state index contributed by atoms with van der Waals surface area (Å²) in [6.45, 7) is 0.242. The van der Waals surface area contributed by atoms with Gasteiger partial charge >= 0.3 is 0 Å². The molecular formula is C17H16ClFN2O3. The van der Waals surface area contributed by atoms with E-state index >= 15 is 0 Å². The molecule has 0 radical (unpaired) electrons. The van der Waals surface area contributed by atoms with Crippen LogP contribution in [0.25, 0.3) is 0 Å². The molecule has 0 saturated heterocycles. The number of amides is 2. The molecular weight excluding hydrogens is 335 g/mol. The van der Waals surface area contributed by atoms with Crippen LogP contribution in [0.2, 0.25) is 5.02 Å². The molecule has 0 aromatic heterocycles. The van der Waals surface area contributed by atoms with Gasteiger partial charge in [-0.2, -0.15) is 0 Å². The van der Waals surface area contributed by atoms with E-state index in [1.165, 1.54) is 18.2 Å². The monoisotopic (exact) mass is 350 g/mol. The van der Waals surface area contributed by atoms with E-state index in [4.69, 9.17) is 16.3 Å². The molecule has 0 heterocycles. The standard InChI is InChI=1S/C17H16ClFN2O3/c18-12-5-7-13(8-6-12)24-11-16(22)20-9-10-21-17(23)14-3-1-2-4-15(14)19/h1-8H,9-11H2,(H,20,22)(H,21,23). The molecule has 0 fully saturated rings. The molecule has 0 aliphatic heterocycles. The molecule has 7 heteroatoms. The van der Waals surface area contributed by atoms with Gasteiger partial charge in [-0.25, -0.2) is 4.39 Å². The van der Waals surface area contributed by atoms with Gasteiger partial charge in [0.05, 0.1) is 5.56 Å². The third-order valence-electron chi connectivity index (χ3n) is 3.03. The van der Waals surface area contributed by atoms with E-state index < -0.39 is 11.7 Å². The molecule has 5 nitrogen and oxygen atoms in total. The predicted octanol–water partition coefficient (Wildman–Crippen LogP) is 2.40. The zero-order chi connectivity index (χ0) is 17.4. The smallest absolute Gasteiger partial charge is 0.258 e. The summed E-state index contributed by atoms with van der Waals surface area (Å²) in [4.78, 5) is 23.4. The van der Waals surface area contributed by atoms with Crippen molar-refractivity contribution in [3.63, 3.8) is 0 Å². The summed E-state index contributed by atoms with van der Waals surface area (Å²) in [6, 6.07) is 12.3. The predicted molar refractivity (Wildman–Crippen MR) is 88.7 cm³/mol. The normalized spacial score (nSPS) is 10.1. The number of halogens is 2. The second-order valence-corrected chi connectivity index (χ2v) is 5.26. The van der Waals surface area contributed by atoms with Crippen molar-refractivity contribution in [3.05, 3.63) is 64.9 Å². The van der Waals surface area contributed by atoms with E-state index in [-0.39, 0.29) is 31.2 Å². The molecule has 126 valence electrons. The lowest BCUT2D eigenvalue weighted by atomic mass is 10.2. The topological polar surface area (TPSA) is 67.4 Å². The van der Waals surface area contributed by atoms with Crippen LogP contribution < -0.4 is 15.4 Å². The summed E-state index contributed by atoms with van der Waals surface area (Å²) in [5.74, 6) is -0.914. The highest BCUT2D eigenvalue weighted by Gasteiger charge is 2.10. The van der Waals surface area contributed by atoms with Crippen LogP contribution in [0.5, 0.6) is 5.75 Å². The van der Waals surface area contributed by atoms with Crippen LogP contribution in [0.15, 0.2) is 48.5 Å². The number of benzene rings is 2. The molecule has 0 bridgehead atoms. The zero-order valence-corrected chi connectivity index (χ0v) is 13.5. The Kier molecular flexibility index (Phi) is 6.57. The Morgan fingerprint density at radius 3 is 2.38 bits per heavy atom. The highest BCUT2D eigenvalue weighted by atomic mass is 35.5. The highest BCUT2D eigenvalue weighted by Crippen LogP contribution is 2.15. The molecule has 0 saturated carbocycles. The van der Waals surface area contributed by atoms with Gasteiger partial charge in [0.15, 0.2) is 6.61 Å². The van der Waals surface area contributed by atoms with Gasteiger partial charge in [0.25, 0.3) is 11.8 Å². The summed E-state index contributed by atoms with van der Waals surface area (Å²) in [5.41, 5.74) is -0.0325. The maximum atomic E-state index is 13.4. The molecule has 2 amide bonds. The molecule has 0 aliphatic rings. The van der Waals surface area contributed by atoms with Crippen molar-refractivity contribution >= 4 is 23.4 Å². The second-order valence-electron chi connectivity index (χ2n) is 4.83. The highest BCUT2D eigenvalue weighted by molar-refractivity contribution is 6.30. The van der Waals surface area contributed by atoms with Crippen molar-refractivity contribution in [2.75, 3.05) is 19.7 Å². The number of nitrogens with one attached hydrogen (secondary N) is 2. The molecule has 2 aromatic carbocycles. The molecule has 0 atom stereocenters. The quantitative estimate of drug-likeness (QED) is 0.753. The lowest BCUT2D eigenvalue weighted by Crippen LogP contribution is -2.37. The van der Waals surface area contributed by atoms with Gasteiger partial charge in [0, 0.05) is 18.1 Å². The number of rotatable bonds is 7. The minimum Gasteiger partial charge on any atom is -0.484 e. The van der Waals surface area contributed by atoms with E-state index in [0.717, 1.165) is 0 Å². The van der Waals surface area contributed by atoms with Crippen LogP contribution >= 0.6 is 11.6 Å². The van der Waals surface area contributed by atoms with E-state index in [1.807, 2.05) is 0 Å². The second kappa shape index (κ2) is 8.88. The first-order valence-electron chi connectivity index (χ1n) is 7.24. The number of ether oxygens (including phenoxy) is 1. The van der Waals surface area contributed by atoms with Gasteiger partial charge in [-0.1, -0.05) is 23.7 Å². The number of hydrogen-bond acceptors (Lipinski definition) is 3. The first-order valence-corrected chi connectivity index (χ1v) is 7.62. The SMILES string of the molecule is O=C(COc1ccc(Cl)cc1)NCCNC(=O)c1ccccc1F. The van der Waals surface area contributed by atoms with Gasteiger partial charge in [-0.3, -0.25) is 9.59 Å². The molecule has 0 aliphatic carbocycles. The third kappa shape index (κ3) is 5.55. The zero-order valence-electron chi connectivity index (χ0n) is 12.7. The van der Waals surface area contributed by atoms with Gasteiger partial charge < -0.3 is 15.4 Å². The summed E-state index contributed by atoms with van der Waals surface area (Å²) in [6.07, 6.45) is 0. The van der Waals surface area contributed by atoms with Crippen LogP contribution in [0.3, 0.4) is 0 Å². The van der Waals surface area contributed by atoms with Crippen LogP contribution in [-0.2, 0) is 4.79 Å². The van der Waals surface area contributed by atoms with Crippen molar-refractivity contribution < 1.29 is 18.7 Å². The van der Waals surface area contributed by atoms with Crippen molar-refractivity contribution in [1.29, 1.82) is 0 Å². The summed E-state index contributed by atoms with van der Waals surface area (Å²) in [7, 11) is 0. The fourth-order valence-electron chi connectivity index (χ4n) is 1.85. The van der Waals surface area contributed by atoms with Crippen LogP contribution in [0, 0.1) is 5.82 Å². The summed E-state index contributed by atoms with van der Waals surface area (Å²) < 4.78 is 18.7. The van der Waals surface area contributed by atoms with Crippen molar-refractivity contribution in [2.45, 2.75) is 0 Å². The molecule has 2 rings (SSSR count). The van der Waals surface area contributed by atoms with E-state index in [2.05, 4.69) is 10.6 Å². The van der Waals surface area contributed by atoms with Crippen LogP contribution in [-0.4, -0.2) is 31.5 Å². The van der Waals surface area contributed by atoms with Crippen molar-refractivity contribution in [1.82, 2.24) is 10.6 Å². The number of hydrogen-bond donors (Lipinski definition) is 2. The minimum absolute atomic E-state index is 0.0325. The Balaban J connectivity index is 1.65. The van der Waals surface area contributed by atoms with Crippen molar-refractivity contribution in [3.8, 4) is 5.75 Å². The lowest BCUT2D eigenvalue weighted by Gasteiger charge is -2.09. The minimum atomic E-state index is -0.588. The average molecular weight is 351 g/mol. The van der Waals surface area contributed by atoms with E-state index in [1.54, 1.807) is 30.3 Å². The number of carbonyl (C=O) groups is 2. The molecule has 0 unspecified atom stereocenters. The van der Waals surface area contributed by atoms with Gasteiger partial charge in [-0.05, 0) is 36.4 Å². The Bertz CT molecular complexity index is 707. The summed E-state index contributed by atoms with van der Waals surface area (Å²) in [5, 5.41) is 5.69. The van der Waals surface area contributed by atoms with Gasteiger partial charge in [0.1, 0.15) is 11.6 Å². The molecule has 2 aromatic rings. The Labute approximate surface area is 143 Å². The molecule has 2 N–H and O–H groups in total. The maximum absolute atomic E-state index is 13.4. The van der Waals surface area contributed by atoms with Gasteiger partial charge in [-0.15, -0.1) is 0 Å². The van der Waals surface area contributed by atoms with Crippen molar-refractivity contribution in [2.24, 2.45) is 0 Å². The van der Waals surface area contributed by atoms with Gasteiger partial charge in [0.2, 0.25) is 0 Å². The third-order valence-corrected chi connectivity index (χ3v) is 3.29. The Hall–Kier alpha value is -2.60.